The molecule has 4 nitrogen and oxygen atoms in total. The lowest BCUT2D eigenvalue weighted by Crippen LogP contribution is -2.05. The number of hydrogen-bond acceptors (Lipinski definition) is 2. The van der Waals surface area contributed by atoms with Crippen molar-refractivity contribution in [2.45, 2.75) is 0 Å². The van der Waals surface area contributed by atoms with Crippen LogP contribution in [0, 0.1) is 0 Å². The molecule has 1 heterocycles. The molecule has 5 heteroatoms. The first-order chi connectivity index (χ1) is 10.1. The molecule has 1 N–H and O–H groups in total. The Balaban J connectivity index is 2.07. The van der Waals surface area contributed by atoms with Crippen LogP contribution in [0.15, 0.2) is 65.4 Å². The monoisotopic (exact) mass is 342 g/mol. The summed E-state index contributed by atoms with van der Waals surface area (Å²) in [6.07, 6.45) is 3.55. The quantitative estimate of drug-likeness (QED) is 0.782. The molecular weight excluding hydrogens is 332 g/mol. The molecule has 0 saturated heterocycles. The summed E-state index contributed by atoms with van der Waals surface area (Å²) in [5.41, 5.74) is 2.72. The molecule has 0 amide bonds. The molecule has 0 bridgehead atoms. The van der Waals surface area contributed by atoms with Gasteiger partial charge in [-0.05, 0) is 23.8 Å². The first-order valence-corrected chi connectivity index (χ1v) is 7.08. The van der Waals surface area contributed by atoms with E-state index in [1.54, 1.807) is 29.1 Å². The molecule has 0 spiro atoms. The van der Waals surface area contributed by atoms with Crippen LogP contribution in [0.3, 0.4) is 0 Å². The molecule has 0 aliphatic carbocycles. The second-order valence-electron chi connectivity index (χ2n) is 4.51. The molecule has 1 aromatic heterocycles. The number of halogens is 1. The van der Waals surface area contributed by atoms with E-state index in [-0.39, 0.29) is 5.56 Å². The van der Waals surface area contributed by atoms with Gasteiger partial charge in [-0.1, -0.05) is 46.3 Å². The number of hydrogen-bond donors (Lipinski definition) is 1. The summed E-state index contributed by atoms with van der Waals surface area (Å²) in [5, 5.41) is 13.6. The number of rotatable bonds is 3. The molecular formula is C16H11BrN2O2. The summed E-state index contributed by atoms with van der Waals surface area (Å²) < 4.78 is 2.30. The number of carbonyl (C=O) groups is 1. The lowest BCUT2D eigenvalue weighted by molar-refractivity contribution is 0.0696. The molecule has 0 fully saturated rings. The van der Waals surface area contributed by atoms with Crippen LogP contribution < -0.4 is 0 Å². The van der Waals surface area contributed by atoms with Crippen LogP contribution in [0.2, 0.25) is 0 Å². The molecule has 0 atom stereocenters. The summed E-state index contributed by atoms with van der Waals surface area (Å²) in [4.78, 5) is 11.4. The Hall–Kier alpha value is -2.40. The van der Waals surface area contributed by atoms with Crippen molar-refractivity contribution in [2.24, 2.45) is 0 Å². The summed E-state index contributed by atoms with van der Waals surface area (Å²) in [6.45, 7) is 0. The van der Waals surface area contributed by atoms with E-state index in [1.807, 2.05) is 36.5 Å². The number of aromatic carboxylic acids is 1. The minimum Gasteiger partial charge on any atom is -0.478 e. The van der Waals surface area contributed by atoms with Crippen molar-refractivity contribution in [1.82, 2.24) is 9.78 Å². The fourth-order valence-corrected chi connectivity index (χ4v) is 2.47. The SMILES string of the molecule is O=C(O)c1cc(Br)ccc1-n1cc(-c2ccccc2)cn1. The van der Waals surface area contributed by atoms with Crippen molar-refractivity contribution < 1.29 is 9.90 Å². The molecule has 0 aliphatic heterocycles. The van der Waals surface area contributed by atoms with E-state index in [1.165, 1.54) is 0 Å². The topological polar surface area (TPSA) is 55.1 Å². The predicted molar refractivity (Wildman–Crippen MR) is 83.7 cm³/mol. The van der Waals surface area contributed by atoms with Gasteiger partial charge in [-0.25, -0.2) is 9.48 Å². The van der Waals surface area contributed by atoms with E-state index >= 15 is 0 Å². The lowest BCUT2D eigenvalue weighted by Gasteiger charge is -2.06. The molecule has 21 heavy (non-hydrogen) atoms. The predicted octanol–water partition coefficient (Wildman–Crippen LogP) is 4.00. The molecule has 0 radical (unpaired) electrons. The highest BCUT2D eigenvalue weighted by atomic mass is 79.9. The van der Waals surface area contributed by atoms with E-state index in [0.29, 0.717) is 5.69 Å². The Kier molecular flexibility index (Phi) is 3.58. The highest BCUT2D eigenvalue weighted by molar-refractivity contribution is 9.10. The third-order valence-electron chi connectivity index (χ3n) is 3.13. The van der Waals surface area contributed by atoms with Crippen LogP contribution in [0.25, 0.3) is 16.8 Å². The minimum atomic E-state index is -0.983. The Labute approximate surface area is 129 Å². The lowest BCUT2D eigenvalue weighted by atomic mass is 10.1. The van der Waals surface area contributed by atoms with Gasteiger partial charge in [0.05, 0.1) is 17.4 Å². The smallest absolute Gasteiger partial charge is 0.337 e. The Morgan fingerprint density at radius 2 is 1.86 bits per heavy atom. The van der Waals surface area contributed by atoms with Gasteiger partial charge < -0.3 is 5.11 Å². The van der Waals surface area contributed by atoms with Gasteiger partial charge in [0.15, 0.2) is 0 Å². The normalized spacial score (nSPS) is 10.5. The number of benzene rings is 2. The largest absolute Gasteiger partial charge is 0.478 e. The highest BCUT2D eigenvalue weighted by Crippen LogP contribution is 2.23. The summed E-state index contributed by atoms with van der Waals surface area (Å²) in [6, 6.07) is 14.9. The van der Waals surface area contributed by atoms with Crippen LogP contribution in [-0.4, -0.2) is 20.9 Å². The second-order valence-corrected chi connectivity index (χ2v) is 5.42. The van der Waals surface area contributed by atoms with E-state index < -0.39 is 5.97 Å². The maximum Gasteiger partial charge on any atom is 0.337 e. The maximum atomic E-state index is 11.4. The van der Waals surface area contributed by atoms with Crippen molar-refractivity contribution in [3.63, 3.8) is 0 Å². The van der Waals surface area contributed by atoms with Crippen molar-refractivity contribution in [2.75, 3.05) is 0 Å². The third-order valence-corrected chi connectivity index (χ3v) is 3.62. The van der Waals surface area contributed by atoms with E-state index in [9.17, 15) is 9.90 Å². The van der Waals surface area contributed by atoms with Crippen LogP contribution in [0.5, 0.6) is 0 Å². The van der Waals surface area contributed by atoms with Crippen molar-refractivity contribution >= 4 is 21.9 Å². The summed E-state index contributed by atoms with van der Waals surface area (Å²) in [5.74, 6) is -0.983. The summed E-state index contributed by atoms with van der Waals surface area (Å²) in [7, 11) is 0. The van der Waals surface area contributed by atoms with Crippen molar-refractivity contribution in [3.8, 4) is 16.8 Å². The van der Waals surface area contributed by atoms with Gasteiger partial charge in [-0.15, -0.1) is 0 Å². The van der Waals surface area contributed by atoms with Gasteiger partial charge in [0, 0.05) is 16.2 Å². The van der Waals surface area contributed by atoms with E-state index in [2.05, 4.69) is 21.0 Å². The van der Waals surface area contributed by atoms with Gasteiger partial charge in [-0.2, -0.15) is 5.10 Å². The second kappa shape index (κ2) is 5.54. The Bertz CT molecular complexity index is 797. The zero-order valence-electron chi connectivity index (χ0n) is 10.9. The Morgan fingerprint density at radius 3 is 2.57 bits per heavy atom. The van der Waals surface area contributed by atoms with Crippen molar-refractivity contribution in [3.05, 3.63) is 71.0 Å². The van der Waals surface area contributed by atoms with Crippen LogP contribution in [0.4, 0.5) is 0 Å². The Morgan fingerprint density at radius 1 is 1.10 bits per heavy atom. The zero-order chi connectivity index (χ0) is 14.8. The molecule has 104 valence electrons. The van der Waals surface area contributed by atoms with Crippen LogP contribution in [-0.2, 0) is 0 Å². The van der Waals surface area contributed by atoms with Crippen molar-refractivity contribution in [1.29, 1.82) is 0 Å². The minimum absolute atomic E-state index is 0.201. The maximum absolute atomic E-state index is 11.4. The van der Waals surface area contributed by atoms with Crippen LogP contribution >= 0.6 is 15.9 Å². The molecule has 3 aromatic rings. The van der Waals surface area contributed by atoms with Gasteiger partial charge in [0.25, 0.3) is 0 Å². The van der Waals surface area contributed by atoms with Gasteiger partial charge in [-0.3, -0.25) is 0 Å². The standard InChI is InChI=1S/C16H11BrN2O2/c17-13-6-7-15(14(8-13)16(20)21)19-10-12(9-18-19)11-4-2-1-3-5-11/h1-10H,(H,20,21). The summed E-state index contributed by atoms with van der Waals surface area (Å²) >= 11 is 3.29. The number of aromatic nitrogens is 2. The number of nitrogens with zero attached hydrogens (tertiary/aromatic N) is 2. The number of carboxylic acid groups (broad SMARTS) is 1. The molecule has 0 aliphatic rings. The number of carboxylic acids is 1. The fourth-order valence-electron chi connectivity index (χ4n) is 2.11. The van der Waals surface area contributed by atoms with Gasteiger partial charge in [0.1, 0.15) is 0 Å². The first kappa shape index (κ1) is 13.6. The first-order valence-electron chi connectivity index (χ1n) is 6.28. The van der Waals surface area contributed by atoms with Crippen LogP contribution in [0.1, 0.15) is 10.4 Å². The third kappa shape index (κ3) is 2.73. The molecule has 2 aromatic carbocycles. The van der Waals surface area contributed by atoms with E-state index in [4.69, 9.17) is 0 Å². The molecule has 3 rings (SSSR count). The van der Waals surface area contributed by atoms with Gasteiger partial charge >= 0.3 is 5.97 Å². The fraction of sp³-hybridized carbons (Fsp3) is 0. The van der Waals surface area contributed by atoms with Gasteiger partial charge in [0.2, 0.25) is 0 Å². The zero-order valence-corrected chi connectivity index (χ0v) is 12.5. The average molecular weight is 343 g/mol. The molecule has 0 saturated carbocycles. The highest BCUT2D eigenvalue weighted by Gasteiger charge is 2.13. The molecule has 0 unspecified atom stereocenters. The average Bonchev–Trinajstić information content (AvgIpc) is 2.97. The van der Waals surface area contributed by atoms with E-state index in [0.717, 1.165) is 15.6 Å².